The lowest BCUT2D eigenvalue weighted by molar-refractivity contribution is 0.167. The van der Waals surface area contributed by atoms with Crippen LogP contribution in [0.5, 0.6) is 0 Å². The summed E-state index contributed by atoms with van der Waals surface area (Å²) in [4.78, 5) is 14.7. The van der Waals surface area contributed by atoms with Crippen LogP contribution in [0.1, 0.15) is 6.42 Å². The molecule has 20 heavy (non-hydrogen) atoms. The third kappa shape index (κ3) is 2.87. The normalized spacial score (nSPS) is 20.6. The summed E-state index contributed by atoms with van der Waals surface area (Å²) in [6.07, 6.45) is 4.22. The van der Waals surface area contributed by atoms with E-state index in [2.05, 4.69) is 19.9 Å². The van der Waals surface area contributed by atoms with Crippen LogP contribution in [-0.2, 0) is 6.54 Å². The van der Waals surface area contributed by atoms with E-state index in [9.17, 15) is 5.11 Å². The number of aliphatic hydroxyl groups is 1. The second-order valence-corrected chi connectivity index (χ2v) is 6.13. The highest BCUT2D eigenvalue weighted by Gasteiger charge is 2.17. The van der Waals surface area contributed by atoms with Crippen molar-refractivity contribution in [3.63, 3.8) is 0 Å². The monoisotopic (exact) mass is 294 g/mol. The van der Waals surface area contributed by atoms with Crippen molar-refractivity contribution in [1.82, 2.24) is 24.4 Å². The van der Waals surface area contributed by atoms with E-state index in [1.807, 2.05) is 4.57 Å². The molecule has 0 saturated carbocycles. The Kier molecular flexibility index (Phi) is 4.04. The molecule has 1 unspecified atom stereocenters. The average Bonchev–Trinajstić information content (AvgIpc) is 2.84. The van der Waals surface area contributed by atoms with Gasteiger partial charge in [0.05, 0.1) is 6.33 Å². The van der Waals surface area contributed by atoms with Crippen molar-refractivity contribution in [2.45, 2.75) is 18.4 Å². The first kappa shape index (κ1) is 13.6. The predicted molar refractivity (Wildman–Crippen MR) is 79.3 cm³/mol. The highest BCUT2D eigenvalue weighted by Crippen LogP contribution is 2.17. The number of imidazole rings is 1. The van der Waals surface area contributed by atoms with Gasteiger partial charge in [0.2, 0.25) is 0 Å². The summed E-state index contributed by atoms with van der Waals surface area (Å²) in [6, 6.07) is 0. The molecule has 0 bridgehead atoms. The summed E-state index contributed by atoms with van der Waals surface area (Å²) in [7, 11) is 0. The number of anilines is 1. The minimum absolute atomic E-state index is 0.245. The molecule has 0 radical (unpaired) electrons. The third-order valence-corrected chi connectivity index (χ3v) is 4.39. The minimum Gasteiger partial charge on any atom is -0.382 e. The lowest BCUT2D eigenvalue weighted by Gasteiger charge is -2.29. The first-order chi connectivity index (χ1) is 9.74. The molecule has 1 atom stereocenters. The zero-order chi connectivity index (χ0) is 13.9. The van der Waals surface area contributed by atoms with Crippen LogP contribution in [0.3, 0.4) is 0 Å². The van der Waals surface area contributed by atoms with Crippen molar-refractivity contribution >= 4 is 28.7 Å². The highest BCUT2D eigenvalue weighted by molar-refractivity contribution is 7.99. The topological polar surface area (TPSA) is 93.1 Å². The molecule has 3 N–H and O–H groups in total. The maximum Gasteiger partial charge on any atom is 0.165 e. The highest BCUT2D eigenvalue weighted by atomic mass is 32.2. The fraction of sp³-hybridized carbons (Fsp3) is 0.583. The Bertz CT molecular complexity index is 588. The molecule has 1 aliphatic rings. The molecule has 1 saturated heterocycles. The largest absolute Gasteiger partial charge is 0.382 e. The van der Waals surface area contributed by atoms with E-state index in [4.69, 9.17) is 5.73 Å². The molecule has 3 heterocycles. The van der Waals surface area contributed by atoms with Crippen LogP contribution >= 0.6 is 11.8 Å². The number of aromatic nitrogens is 4. The molecule has 0 aliphatic carbocycles. The summed E-state index contributed by atoms with van der Waals surface area (Å²) in [5.74, 6) is 1.42. The maximum atomic E-state index is 9.61. The van der Waals surface area contributed by atoms with Gasteiger partial charge in [-0.3, -0.25) is 4.90 Å². The SMILES string of the molecule is Nc1ncnc2c1ncn2CCCN1CCSC(O)C1. The van der Waals surface area contributed by atoms with Gasteiger partial charge in [-0.05, 0) is 6.42 Å². The van der Waals surface area contributed by atoms with Crippen molar-refractivity contribution in [1.29, 1.82) is 0 Å². The van der Waals surface area contributed by atoms with Crippen LogP contribution in [0.15, 0.2) is 12.7 Å². The first-order valence-electron chi connectivity index (χ1n) is 6.67. The van der Waals surface area contributed by atoms with Gasteiger partial charge in [-0.25, -0.2) is 15.0 Å². The van der Waals surface area contributed by atoms with Crippen LogP contribution in [0.2, 0.25) is 0 Å². The predicted octanol–water partition coefficient (Wildman–Crippen LogP) is 0.166. The Morgan fingerprint density at radius 3 is 3.10 bits per heavy atom. The van der Waals surface area contributed by atoms with E-state index < -0.39 is 0 Å². The quantitative estimate of drug-likeness (QED) is 0.830. The molecular formula is C12H18N6OS. The number of nitrogen functional groups attached to an aromatic ring is 1. The number of nitrogens with zero attached hydrogens (tertiary/aromatic N) is 5. The van der Waals surface area contributed by atoms with Gasteiger partial charge in [0, 0.05) is 31.9 Å². The number of nitrogens with two attached hydrogens (primary N) is 1. The second-order valence-electron chi connectivity index (χ2n) is 4.85. The Labute approximate surface area is 121 Å². The first-order valence-corrected chi connectivity index (χ1v) is 7.72. The van der Waals surface area contributed by atoms with Crippen LogP contribution in [0, 0.1) is 0 Å². The maximum absolute atomic E-state index is 9.61. The average molecular weight is 294 g/mol. The van der Waals surface area contributed by atoms with Crippen molar-refractivity contribution in [3.05, 3.63) is 12.7 Å². The molecule has 7 nitrogen and oxygen atoms in total. The number of hydrogen-bond acceptors (Lipinski definition) is 7. The van der Waals surface area contributed by atoms with Gasteiger partial charge in [-0.1, -0.05) is 0 Å². The Morgan fingerprint density at radius 2 is 2.25 bits per heavy atom. The number of β-amino-alcohol motifs (C(OH)–C–C–N with tert-alkyl or cyclic N) is 1. The summed E-state index contributed by atoms with van der Waals surface area (Å²) in [5, 5.41) is 9.61. The van der Waals surface area contributed by atoms with E-state index in [0.717, 1.165) is 44.0 Å². The number of aryl methyl sites for hydroxylation is 1. The summed E-state index contributed by atoms with van der Waals surface area (Å²) < 4.78 is 2.00. The lowest BCUT2D eigenvalue weighted by Crippen LogP contribution is -2.38. The minimum atomic E-state index is -0.245. The van der Waals surface area contributed by atoms with Gasteiger partial charge in [-0.2, -0.15) is 0 Å². The molecule has 108 valence electrons. The van der Waals surface area contributed by atoms with Crippen molar-refractivity contribution < 1.29 is 5.11 Å². The molecule has 0 aromatic carbocycles. The van der Waals surface area contributed by atoms with Gasteiger partial charge in [0.1, 0.15) is 17.3 Å². The molecule has 2 aromatic heterocycles. The molecule has 1 aliphatic heterocycles. The smallest absolute Gasteiger partial charge is 0.165 e. The van der Waals surface area contributed by atoms with Gasteiger partial charge in [0.25, 0.3) is 0 Å². The van der Waals surface area contributed by atoms with Gasteiger partial charge < -0.3 is 15.4 Å². The number of thioether (sulfide) groups is 1. The van der Waals surface area contributed by atoms with Gasteiger partial charge >= 0.3 is 0 Å². The van der Waals surface area contributed by atoms with E-state index >= 15 is 0 Å². The number of hydrogen-bond donors (Lipinski definition) is 2. The van der Waals surface area contributed by atoms with E-state index in [1.54, 1.807) is 18.1 Å². The Balaban J connectivity index is 1.59. The standard InChI is InChI=1S/C12H18N6OS/c13-11-10-12(15-7-14-11)18(8-16-10)3-1-2-17-4-5-20-9(19)6-17/h7-9,19H,1-6H2,(H2,13,14,15). The van der Waals surface area contributed by atoms with Crippen molar-refractivity contribution in [3.8, 4) is 0 Å². The van der Waals surface area contributed by atoms with E-state index in [-0.39, 0.29) is 5.44 Å². The molecule has 1 fully saturated rings. The van der Waals surface area contributed by atoms with Crippen LogP contribution < -0.4 is 5.73 Å². The summed E-state index contributed by atoms with van der Waals surface area (Å²) in [5.41, 5.74) is 6.97. The zero-order valence-corrected chi connectivity index (χ0v) is 12.0. The van der Waals surface area contributed by atoms with Crippen LogP contribution in [-0.4, -0.2) is 60.3 Å². The van der Waals surface area contributed by atoms with Gasteiger partial charge in [-0.15, -0.1) is 11.8 Å². The van der Waals surface area contributed by atoms with Gasteiger partial charge in [0.15, 0.2) is 11.5 Å². The van der Waals surface area contributed by atoms with Crippen molar-refractivity contribution in [2.24, 2.45) is 0 Å². The molecule has 2 aromatic rings. The van der Waals surface area contributed by atoms with E-state index in [0.29, 0.717) is 11.3 Å². The second kappa shape index (κ2) is 5.94. The fourth-order valence-electron chi connectivity index (χ4n) is 2.41. The van der Waals surface area contributed by atoms with Crippen LogP contribution in [0.4, 0.5) is 5.82 Å². The Hall–Kier alpha value is -1.38. The number of aliphatic hydroxyl groups excluding tert-OH is 1. The fourth-order valence-corrected chi connectivity index (χ4v) is 3.36. The molecule has 8 heteroatoms. The lowest BCUT2D eigenvalue weighted by atomic mass is 10.3. The van der Waals surface area contributed by atoms with Crippen LogP contribution in [0.25, 0.3) is 11.2 Å². The molecular weight excluding hydrogens is 276 g/mol. The number of rotatable bonds is 4. The van der Waals surface area contributed by atoms with Crippen molar-refractivity contribution in [2.75, 3.05) is 31.1 Å². The number of fused-ring (bicyclic) bond motifs is 1. The molecule has 3 rings (SSSR count). The van der Waals surface area contributed by atoms with E-state index in [1.165, 1.54) is 6.33 Å². The molecule has 0 amide bonds. The third-order valence-electron chi connectivity index (χ3n) is 3.44. The molecule has 0 spiro atoms. The summed E-state index contributed by atoms with van der Waals surface area (Å²) >= 11 is 1.62. The Morgan fingerprint density at radius 1 is 1.35 bits per heavy atom. The zero-order valence-electron chi connectivity index (χ0n) is 11.1. The summed E-state index contributed by atoms with van der Waals surface area (Å²) in [6.45, 7) is 3.61.